The summed E-state index contributed by atoms with van der Waals surface area (Å²) in [5.41, 5.74) is 0.973. The van der Waals surface area contributed by atoms with Crippen LogP contribution in [0, 0.1) is 5.82 Å². The van der Waals surface area contributed by atoms with Crippen molar-refractivity contribution in [3.8, 4) is 0 Å². The van der Waals surface area contributed by atoms with Crippen molar-refractivity contribution in [3.63, 3.8) is 0 Å². The highest BCUT2D eigenvalue weighted by atomic mass is 19.1. The summed E-state index contributed by atoms with van der Waals surface area (Å²) in [6, 6.07) is 6.88. The van der Waals surface area contributed by atoms with Gasteiger partial charge in [-0.2, -0.15) is 0 Å². The van der Waals surface area contributed by atoms with E-state index >= 15 is 0 Å². The van der Waals surface area contributed by atoms with Crippen LogP contribution in [-0.2, 0) is 0 Å². The Hall–Kier alpha value is -1.22. The first kappa shape index (κ1) is 11.3. The van der Waals surface area contributed by atoms with Crippen LogP contribution in [0.15, 0.2) is 29.3 Å². The van der Waals surface area contributed by atoms with Crippen LogP contribution in [0.4, 0.5) is 4.39 Å². The molecule has 0 aromatic heterocycles. The van der Waals surface area contributed by atoms with Gasteiger partial charge >= 0.3 is 0 Å². The van der Waals surface area contributed by atoms with Gasteiger partial charge in [0.15, 0.2) is 0 Å². The predicted molar refractivity (Wildman–Crippen MR) is 64.5 cm³/mol. The maximum Gasteiger partial charge on any atom is 0.123 e. The first-order chi connectivity index (χ1) is 7.74. The molecular formula is C13H17FN2. The molecule has 1 heterocycles. The lowest BCUT2D eigenvalue weighted by molar-refractivity contribution is 0.257. The second-order valence-electron chi connectivity index (χ2n) is 4.36. The number of hydrogen-bond acceptors (Lipinski definition) is 2. The minimum atomic E-state index is -0.198. The van der Waals surface area contributed by atoms with Gasteiger partial charge in [-0.3, -0.25) is 4.99 Å². The van der Waals surface area contributed by atoms with Crippen LogP contribution in [0.1, 0.15) is 18.4 Å². The molecule has 1 aromatic rings. The van der Waals surface area contributed by atoms with Crippen LogP contribution < -0.4 is 0 Å². The number of aliphatic imine (C=N–C) groups is 1. The number of nitrogens with zero attached hydrogens (tertiary/aromatic N) is 2. The summed E-state index contributed by atoms with van der Waals surface area (Å²) in [5, 5.41) is 0. The topological polar surface area (TPSA) is 15.6 Å². The van der Waals surface area contributed by atoms with Crippen LogP contribution in [0.5, 0.6) is 0 Å². The molecule has 3 heteroatoms. The zero-order chi connectivity index (χ0) is 11.4. The Bertz CT molecular complexity index is 351. The summed E-state index contributed by atoms with van der Waals surface area (Å²) in [4.78, 5) is 6.87. The van der Waals surface area contributed by atoms with Gasteiger partial charge in [-0.1, -0.05) is 12.1 Å². The largest absolute Gasteiger partial charge is 0.306 e. The molecule has 1 aromatic carbocycles. The van der Waals surface area contributed by atoms with Crippen LogP contribution >= 0.6 is 0 Å². The van der Waals surface area contributed by atoms with E-state index in [1.54, 1.807) is 12.1 Å². The lowest BCUT2D eigenvalue weighted by atomic mass is 10.1. The molecule has 0 N–H and O–H groups in total. The third-order valence-electron chi connectivity index (χ3n) is 2.99. The van der Waals surface area contributed by atoms with Crippen molar-refractivity contribution >= 4 is 6.21 Å². The van der Waals surface area contributed by atoms with Crippen molar-refractivity contribution in [1.29, 1.82) is 0 Å². The number of piperidine rings is 1. The lowest BCUT2D eigenvalue weighted by Crippen LogP contribution is -2.32. The van der Waals surface area contributed by atoms with Crippen LogP contribution in [0.3, 0.4) is 0 Å². The number of rotatable bonds is 2. The molecule has 16 heavy (non-hydrogen) atoms. The molecule has 0 spiro atoms. The van der Waals surface area contributed by atoms with Gasteiger partial charge in [-0.05, 0) is 50.7 Å². The third kappa shape index (κ3) is 3.14. The van der Waals surface area contributed by atoms with Gasteiger partial charge in [-0.15, -0.1) is 0 Å². The van der Waals surface area contributed by atoms with Crippen molar-refractivity contribution in [2.24, 2.45) is 4.99 Å². The highest BCUT2D eigenvalue weighted by Gasteiger charge is 2.14. The van der Waals surface area contributed by atoms with Gasteiger partial charge in [-0.25, -0.2) is 4.39 Å². The highest BCUT2D eigenvalue weighted by molar-refractivity contribution is 5.79. The molecule has 2 rings (SSSR count). The fourth-order valence-corrected chi connectivity index (χ4v) is 1.88. The summed E-state index contributed by atoms with van der Waals surface area (Å²) in [7, 11) is 2.14. The van der Waals surface area contributed by atoms with E-state index in [4.69, 9.17) is 0 Å². The molecule has 1 aliphatic rings. The van der Waals surface area contributed by atoms with Gasteiger partial charge < -0.3 is 4.90 Å². The standard InChI is InChI=1S/C13H17FN2/c1-16-8-6-13(7-9-16)15-10-11-2-4-12(14)5-3-11/h2-5,10,13H,6-9H2,1H3. The molecule has 0 atom stereocenters. The van der Waals surface area contributed by atoms with Crippen molar-refractivity contribution in [1.82, 2.24) is 4.90 Å². The fourth-order valence-electron chi connectivity index (χ4n) is 1.88. The van der Waals surface area contributed by atoms with Crippen LogP contribution in [0.2, 0.25) is 0 Å². The Morgan fingerprint density at radius 1 is 1.25 bits per heavy atom. The summed E-state index contributed by atoms with van der Waals surface area (Å²) in [6.45, 7) is 2.23. The van der Waals surface area contributed by atoms with Crippen LogP contribution in [0.25, 0.3) is 0 Å². The molecule has 1 saturated heterocycles. The van der Waals surface area contributed by atoms with Crippen molar-refractivity contribution < 1.29 is 4.39 Å². The molecule has 0 radical (unpaired) electrons. The van der Waals surface area contributed by atoms with E-state index in [1.807, 2.05) is 6.21 Å². The minimum absolute atomic E-state index is 0.198. The first-order valence-corrected chi connectivity index (χ1v) is 5.71. The molecule has 2 nitrogen and oxygen atoms in total. The Morgan fingerprint density at radius 2 is 1.88 bits per heavy atom. The lowest BCUT2D eigenvalue weighted by Gasteiger charge is -2.26. The Morgan fingerprint density at radius 3 is 2.50 bits per heavy atom. The maximum absolute atomic E-state index is 12.7. The van der Waals surface area contributed by atoms with E-state index in [0.717, 1.165) is 31.5 Å². The molecule has 0 saturated carbocycles. The quantitative estimate of drug-likeness (QED) is 0.698. The highest BCUT2D eigenvalue weighted by Crippen LogP contribution is 2.12. The Kier molecular flexibility index (Phi) is 3.67. The van der Waals surface area contributed by atoms with Crippen molar-refractivity contribution in [3.05, 3.63) is 35.6 Å². The third-order valence-corrected chi connectivity index (χ3v) is 2.99. The molecular weight excluding hydrogens is 203 g/mol. The van der Waals surface area contributed by atoms with E-state index in [1.165, 1.54) is 12.1 Å². The van der Waals surface area contributed by atoms with E-state index in [-0.39, 0.29) is 5.82 Å². The first-order valence-electron chi connectivity index (χ1n) is 5.71. The molecule has 0 amide bonds. The van der Waals surface area contributed by atoms with Gasteiger partial charge in [0.25, 0.3) is 0 Å². The van der Waals surface area contributed by atoms with E-state index in [2.05, 4.69) is 16.9 Å². The summed E-state index contributed by atoms with van der Waals surface area (Å²) in [6.07, 6.45) is 4.10. The normalized spacial score (nSPS) is 19.4. The van der Waals surface area contributed by atoms with Crippen LogP contribution in [-0.4, -0.2) is 37.3 Å². The van der Waals surface area contributed by atoms with Gasteiger partial charge in [0.05, 0.1) is 6.04 Å². The molecule has 1 aliphatic heterocycles. The molecule has 0 unspecified atom stereocenters. The summed E-state index contributed by atoms with van der Waals surface area (Å²) in [5.74, 6) is -0.198. The predicted octanol–water partition coefficient (Wildman–Crippen LogP) is 2.34. The molecule has 0 bridgehead atoms. The number of benzene rings is 1. The fraction of sp³-hybridized carbons (Fsp3) is 0.462. The average Bonchev–Trinajstić information content (AvgIpc) is 2.30. The smallest absolute Gasteiger partial charge is 0.123 e. The molecule has 0 aliphatic carbocycles. The van der Waals surface area contributed by atoms with E-state index in [9.17, 15) is 4.39 Å². The molecule has 1 fully saturated rings. The maximum atomic E-state index is 12.7. The monoisotopic (exact) mass is 220 g/mol. The van der Waals surface area contributed by atoms with Crippen molar-refractivity contribution in [2.45, 2.75) is 18.9 Å². The van der Waals surface area contributed by atoms with Gasteiger partial charge in [0, 0.05) is 6.21 Å². The summed E-state index contributed by atoms with van der Waals surface area (Å²) >= 11 is 0. The zero-order valence-electron chi connectivity index (χ0n) is 9.56. The zero-order valence-corrected chi connectivity index (χ0v) is 9.56. The molecule has 86 valence electrons. The Labute approximate surface area is 95.8 Å². The SMILES string of the molecule is CN1CCC(N=Cc2ccc(F)cc2)CC1. The Balaban J connectivity index is 1.91. The number of hydrogen-bond donors (Lipinski definition) is 0. The van der Waals surface area contributed by atoms with Gasteiger partial charge in [0.1, 0.15) is 5.82 Å². The minimum Gasteiger partial charge on any atom is -0.306 e. The van der Waals surface area contributed by atoms with Crippen molar-refractivity contribution in [2.75, 3.05) is 20.1 Å². The summed E-state index contributed by atoms with van der Waals surface area (Å²) < 4.78 is 12.7. The average molecular weight is 220 g/mol. The van der Waals surface area contributed by atoms with E-state index in [0.29, 0.717) is 6.04 Å². The number of likely N-dealkylation sites (tertiary alicyclic amines) is 1. The second-order valence-corrected chi connectivity index (χ2v) is 4.36. The van der Waals surface area contributed by atoms with Gasteiger partial charge in [0.2, 0.25) is 0 Å². The van der Waals surface area contributed by atoms with E-state index < -0.39 is 0 Å². The number of halogens is 1. The second kappa shape index (κ2) is 5.21.